The van der Waals surface area contributed by atoms with E-state index in [0.717, 1.165) is 35.1 Å². The van der Waals surface area contributed by atoms with Gasteiger partial charge in [0.1, 0.15) is 0 Å². The van der Waals surface area contributed by atoms with Crippen molar-refractivity contribution in [2.45, 2.75) is 107 Å². The summed E-state index contributed by atoms with van der Waals surface area (Å²) in [5, 5.41) is 0. The van der Waals surface area contributed by atoms with E-state index in [-0.39, 0.29) is 23.0 Å². The quantitative estimate of drug-likeness (QED) is 0.100. The fourth-order valence-electron chi connectivity index (χ4n) is 6.90. The zero-order chi connectivity index (χ0) is 40.7. The summed E-state index contributed by atoms with van der Waals surface area (Å²) in [6, 6.07) is 0. The highest BCUT2D eigenvalue weighted by Gasteiger charge is 2.39. The molecule has 0 heterocycles. The van der Waals surface area contributed by atoms with E-state index in [0.29, 0.717) is 12.8 Å². The van der Waals surface area contributed by atoms with Crippen LogP contribution in [0, 0.1) is 10.8 Å². The lowest BCUT2D eigenvalue weighted by atomic mass is 9.71. The molecule has 10 heteroatoms. The molecule has 8 nitrogen and oxygen atoms in total. The van der Waals surface area contributed by atoms with Crippen LogP contribution in [0.15, 0.2) is 130 Å². The van der Waals surface area contributed by atoms with E-state index >= 15 is 0 Å². The summed E-state index contributed by atoms with van der Waals surface area (Å²) in [7, 11) is -1.69. The second kappa shape index (κ2) is 21.6. The molecule has 0 radical (unpaired) electrons. The normalized spacial score (nSPS) is 22.8. The zero-order valence-corrected chi connectivity index (χ0v) is 37.0. The Morgan fingerprint density at radius 1 is 0.537 bits per heavy atom. The minimum absolute atomic E-state index is 0.147. The van der Waals surface area contributed by atoms with Crippen LogP contribution in [0.2, 0.25) is 0 Å². The first-order valence-corrected chi connectivity index (χ1v) is 21.4. The molecule has 0 bridgehead atoms. The molecule has 0 spiro atoms. The minimum Gasteiger partial charge on any atom is -0.290 e. The Kier molecular flexibility index (Phi) is 19.0. The van der Waals surface area contributed by atoms with Crippen molar-refractivity contribution in [3.8, 4) is 0 Å². The van der Waals surface area contributed by atoms with E-state index in [4.69, 9.17) is 27.1 Å². The van der Waals surface area contributed by atoms with Crippen molar-refractivity contribution in [2.24, 2.45) is 10.8 Å². The van der Waals surface area contributed by atoms with E-state index < -0.39 is 15.6 Å². The third-order valence-corrected chi connectivity index (χ3v) is 12.6. The van der Waals surface area contributed by atoms with Crippen LogP contribution in [-0.4, -0.2) is 40.6 Å². The summed E-state index contributed by atoms with van der Waals surface area (Å²) < 4.78 is 56.5. The van der Waals surface area contributed by atoms with Gasteiger partial charge in [0.15, 0.2) is 0 Å². The van der Waals surface area contributed by atoms with Crippen LogP contribution in [0.1, 0.15) is 94.9 Å². The molecule has 2 aliphatic carbocycles. The van der Waals surface area contributed by atoms with Gasteiger partial charge in [0.05, 0.1) is 12.2 Å². The van der Waals surface area contributed by atoms with Gasteiger partial charge >= 0.3 is 15.6 Å². The van der Waals surface area contributed by atoms with Crippen molar-refractivity contribution in [1.82, 2.24) is 0 Å². The summed E-state index contributed by atoms with van der Waals surface area (Å²) in [6.45, 7) is 21.3. The maximum atomic E-state index is 12.5. The molecule has 0 amide bonds. The van der Waals surface area contributed by atoms with Crippen molar-refractivity contribution >= 4 is 15.6 Å². The number of allylic oxidation sites excluding steroid dienone is 20. The maximum absolute atomic E-state index is 12.5. The lowest BCUT2D eigenvalue weighted by Gasteiger charge is -2.38. The summed E-state index contributed by atoms with van der Waals surface area (Å²) >= 11 is 0. The Labute approximate surface area is 327 Å². The molecule has 0 saturated carbocycles. The minimum atomic E-state index is -3.53. The third-order valence-electron chi connectivity index (χ3n) is 9.66. The number of hydrogen-bond donors (Lipinski definition) is 0. The lowest BCUT2D eigenvalue weighted by Crippen LogP contribution is -2.30. The Bertz CT molecular complexity index is 1600. The topological polar surface area (TPSA) is 89.5 Å². The second-order valence-electron chi connectivity index (χ2n) is 15.5. The highest BCUT2D eigenvalue weighted by atomic mass is 31.2. The van der Waals surface area contributed by atoms with Gasteiger partial charge < -0.3 is 0 Å². The van der Waals surface area contributed by atoms with Gasteiger partial charge in [0.2, 0.25) is 0 Å². The van der Waals surface area contributed by atoms with Gasteiger partial charge in [-0.3, -0.25) is 27.1 Å². The Balaban J connectivity index is 1.95. The van der Waals surface area contributed by atoms with Crippen LogP contribution in [0.4, 0.5) is 0 Å². The van der Waals surface area contributed by atoms with Crippen LogP contribution < -0.4 is 0 Å². The number of phosphoric ester groups is 2. The van der Waals surface area contributed by atoms with Crippen LogP contribution in [-0.2, 0) is 36.3 Å². The summed E-state index contributed by atoms with van der Waals surface area (Å²) in [5.74, 6) is 0. The molecule has 0 aromatic carbocycles. The summed E-state index contributed by atoms with van der Waals surface area (Å²) in [4.78, 5) is 0. The first kappa shape index (κ1) is 47.5. The second-order valence-corrected chi connectivity index (χ2v) is 19.1. The van der Waals surface area contributed by atoms with Crippen LogP contribution in [0.5, 0.6) is 0 Å². The third kappa shape index (κ3) is 15.5. The molecular formula is C44H66O8P2. The van der Waals surface area contributed by atoms with Crippen molar-refractivity contribution in [3.05, 3.63) is 130 Å². The van der Waals surface area contributed by atoms with E-state index in [1.165, 1.54) is 50.7 Å². The van der Waals surface area contributed by atoms with Crippen molar-refractivity contribution in [2.75, 3.05) is 28.4 Å². The monoisotopic (exact) mass is 784 g/mol. The van der Waals surface area contributed by atoms with Gasteiger partial charge in [-0.1, -0.05) is 146 Å². The van der Waals surface area contributed by atoms with Gasteiger partial charge in [0, 0.05) is 28.4 Å². The smallest absolute Gasteiger partial charge is 0.290 e. The van der Waals surface area contributed by atoms with E-state index in [9.17, 15) is 9.13 Å². The standard InChI is InChI=1S/C44H66O8P2/c1-33(21-17-23-35(3)25-27-41-37(5)29-39(31-43(41,7)8)51-53(45,47-11)48-12)19-15-16-20-34(2)22-18-24-36(4)26-28-42-38(6)30-40(32-44(42,9)10)52-54(46,49-13)50-14/h15-28,39-40H,29-32H2,1-14H3/b16-15+,21-17+,22-18+,27-25+,28-26+,33-19+,34-20+,35-23+,36-24+. The van der Waals surface area contributed by atoms with Gasteiger partial charge in [0.25, 0.3) is 0 Å². The summed E-state index contributed by atoms with van der Waals surface area (Å²) in [5.41, 5.74) is 9.24. The van der Waals surface area contributed by atoms with E-state index in [2.05, 4.69) is 142 Å². The van der Waals surface area contributed by atoms with Gasteiger partial charge in [-0.15, -0.1) is 0 Å². The molecule has 300 valence electrons. The largest absolute Gasteiger partial charge is 0.474 e. The van der Waals surface area contributed by atoms with Crippen LogP contribution in [0.3, 0.4) is 0 Å². The summed E-state index contributed by atoms with van der Waals surface area (Å²) in [6.07, 6.45) is 31.8. The first-order valence-electron chi connectivity index (χ1n) is 18.5. The highest BCUT2D eigenvalue weighted by molar-refractivity contribution is 7.48. The molecule has 2 rings (SSSR count). The molecule has 2 aliphatic rings. The fraction of sp³-hybridized carbons (Fsp3) is 0.500. The molecule has 0 aromatic heterocycles. The predicted molar refractivity (Wildman–Crippen MR) is 225 cm³/mol. The highest BCUT2D eigenvalue weighted by Crippen LogP contribution is 2.54. The van der Waals surface area contributed by atoms with Crippen molar-refractivity contribution in [3.63, 3.8) is 0 Å². The predicted octanol–water partition coefficient (Wildman–Crippen LogP) is 13.4. The maximum Gasteiger partial charge on any atom is 0.474 e. The van der Waals surface area contributed by atoms with Crippen LogP contribution >= 0.6 is 15.6 Å². The zero-order valence-electron chi connectivity index (χ0n) is 35.2. The molecule has 0 N–H and O–H groups in total. The van der Waals surface area contributed by atoms with Crippen molar-refractivity contribution in [1.29, 1.82) is 0 Å². The Morgan fingerprint density at radius 2 is 0.833 bits per heavy atom. The van der Waals surface area contributed by atoms with Crippen molar-refractivity contribution < 1.29 is 36.3 Å². The average molecular weight is 785 g/mol. The SMILES string of the molecule is COP(=O)(OC)OC1CC(C)=C(/C=C/C(C)=C/C=C/C(C)=C/C=C/C=C(C)/C=C/C=C(C)/C=C/C2=C(C)CC(OP(=O)(OC)OC)CC2(C)C)C(C)(C)C1. The van der Waals surface area contributed by atoms with Gasteiger partial charge in [-0.2, -0.15) is 0 Å². The molecule has 54 heavy (non-hydrogen) atoms. The average Bonchev–Trinajstić information content (AvgIpc) is 3.08. The van der Waals surface area contributed by atoms with E-state index in [1.54, 1.807) is 0 Å². The number of phosphoric acid groups is 2. The lowest BCUT2D eigenvalue weighted by molar-refractivity contribution is 0.0754. The molecule has 0 aromatic rings. The molecule has 0 saturated heterocycles. The number of hydrogen-bond acceptors (Lipinski definition) is 8. The van der Waals surface area contributed by atoms with E-state index in [1.807, 2.05) is 12.2 Å². The molecule has 2 atom stereocenters. The Morgan fingerprint density at radius 3 is 1.13 bits per heavy atom. The Hall–Kier alpha value is -2.64. The van der Waals surface area contributed by atoms with Gasteiger partial charge in [-0.05, 0) is 89.2 Å². The fourth-order valence-corrected chi connectivity index (χ4v) is 8.57. The molecule has 0 fully saturated rings. The number of rotatable bonds is 18. The molecule has 0 aliphatic heterocycles. The van der Waals surface area contributed by atoms with Crippen LogP contribution in [0.25, 0.3) is 0 Å². The molecular weight excluding hydrogens is 718 g/mol. The first-order chi connectivity index (χ1) is 25.2. The molecule has 2 unspecified atom stereocenters. The van der Waals surface area contributed by atoms with Gasteiger partial charge in [-0.25, -0.2) is 9.13 Å².